The number of carbonyl (C=O) groups is 2. The van der Waals surface area contributed by atoms with E-state index in [0.29, 0.717) is 6.42 Å². The first-order valence-corrected chi connectivity index (χ1v) is 6.09. The number of aryl methyl sites for hydroxylation is 2. The van der Waals surface area contributed by atoms with Gasteiger partial charge in [0.15, 0.2) is 6.04 Å². The molecule has 1 rings (SSSR count). The molecule has 2 N–H and O–H groups in total. The van der Waals surface area contributed by atoms with Gasteiger partial charge in [-0.1, -0.05) is 29.8 Å². The van der Waals surface area contributed by atoms with Crippen molar-refractivity contribution < 1.29 is 19.4 Å². The first kappa shape index (κ1) is 15.2. The average Bonchev–Trinajstić information content (AvgIpc) is 2.36. The number of carboxylic acids is 1. The van der Waals surface area contributed by atoms with E-state index in [1.807, 2.05) is 31.2 Å². The second-order valence-corrected chi connectivity index (χ2v) is 4.40. The van der Waals surface area contributed by atoms with Crippen LogP contribution in [0.5, 0.6) is 0 Å². The van der Waals surface area contributed by atoms with Crippen molar-refractivity contribution in [2.24, 2.45) is 0 Å². The number of hydrogen-bond donors (Lipinski definition) is 2. The summed E-state index contributed by atoms with van der Waals surface area (Å²) in [5, 5.41) is 11.3. The molecule has 0 radical (unpaired) electrons. The highest BCUT2D eigenvalue weighted by Gasteiger charge is 2.19. The zero-order valence-corrected chi connectivity index (χ0v) is 11.2. The van der Waals surface area contributed by atoms with Crippen LogP contribution in [0.3, 0.4) is 0 Å². The number of nitrogens with one attached hydrogen (secondary N) is 1. The first-order valence-electron chi connectivity index (χ1n) is 6.09. The summed E-state index contributed by atoms with van der Waals surface area (Å²) < 4.78 is 4.75. The maximum absolute atomic E-state index is 11.7. The summed E-state index contributed by atoms with van der Waals surface area (Å²) in [4.78, 5) is 22.5. The smallest absolute Gasteiger partial charge is 0.328 e. The third-order valence-electron chi connectivity index (χ3n) is 2.69. The second kappa shape index (κ2) is 7.53. The Morgan fingerprint density at radius 2 is 2.16 bits per heavy atom. The van der Waals surface area contributed by atoms with Gasteiger partial charge in [0.25, 0.3) is 0 Å². The molecule has 0 aliphatic heterocycles. The number of methoxy groups -OCH3 is 1. The van der Waals surface area contributed by atoms with Crippen LogP contribution in [0.2, 0.25) is 0 Å². The lowest BCUT2D eigenvalue weighted by Crippen LogP contribution is -2.43. The van der Waals surface area contributed by atoms with Gasteiger partial charge in [0, 0.05) is 13.5 Å². The quantitative estimate of drug-likeness (QED) is 0.775. The van der Waals surface area contributed by atoms with Gasteiger partial charge in [-0.05, 0) is 18.9 Å². The first-order chi connectivity index (χ1) is 9.02. The predicted octanol–water partition coefficient (Wildman–Crippen LogP) is 1.14. The Bertz CT molecular complexity index is 445. The van der Waals surface area contributed by atoms with E-state index in [4.69, 9.17) is 9.84 Å². The highest BCUT2D eigenvalue weighted by molar-refractivity contribution is 5.83. The van der Waals surface area contributed by atoms with E-state index >= 15 is 0 Å². The Morgan fingerprint density at radius 1 is 1.42 bits per heavy atom. The summed E-state index contributed by atoms with van der Waals surface area (Å²) in [7, 11) is 1.40. The predicted molar refractivity (Wildman–Crippen MR) is 70.9 cm³/mol. The average molecular weight is 265 g/mol. The van der Waals surface area contributed by atoms with Crippen molar-refractivity contribution in [2.45, 2.75) is 25.8 Å². The molecular weight excluding hydrogens is 246 g/mol. The van der Waals surface area contributed by atoms with Crippen LogP contribution in [0.15, 0.2) is 24.3 Å². The summed E-state index contributed by atoms with van der Waals surface area (Å²) in [6.07, 6.45) is 0.851. The number of rotatable bonds is 7. The van der Waals surface area contributed by atoms with Gasteiger partial charge in [0.05, 0.1) is 6.61 Å². The van der Waals surface area contributed by atoms with Crippen LogP contribution in [0.1, 0.15) is 17.5 Å². The Kier molecular flexibility index (Phi) is 6.02. The lowest BCUT2D eigenvalue weighted by molar-refractivity contribution is -0.143. The molecule has 1 aromatic carbocycles. The molecule has 0 bridgehead atoms. The Hall–Kier alpha value is -1.88. The maximum atomic E-state index is 11.7. The Balaban J connectivity index is 2.44. The molecule has 104 valence electrons. The molecule has 0 fully saturated rings. The highest BCUT2D eigenvalue weighted by Crippen LogP contribution is 2.06. The largest absolute Gasteiger partial charge is 0.480 e. The minimum Gasteiger partial charge on any atom is -0.480 e. The van der Waals surface area contributed by atoms with Crippen LogP contribution in [0, 0.1) is 6.92 Å². The van der Waals surface area contributed by atoms with E-state index in [1.54, 1.807) is 0 Å². The van der Waals surface area contributed by atoms with Crippen molar-refractivity contribution >= 4 is 11.9 Å². The van der Waals surface area contributed by atoms with Crippen LogP contribution in [-0.2, 0) is 20.7 Å². The number of carboxylic acid groups (broad SMARTS) is 1. The van der Waals surface area contributed by atoms with Crippen molar-refractivity contribution in [1.82, 2.24) is 5.32 Å². The fraction of sp³-hybridized carbons (Fsp3) is 0.429. The van der Waals surface area contributed by atoms with Gasteiger partial charge in [-0.15, -0.1) is 0 Å². The van der Waals surface area contributed by atoms with E-state index in [0.717, 1.165) is 11.1 Å². The molecule has 0 aliphatic carbocycles. The molecule has 19 heavy (non-hydrogen) atoms. The molecular formula is C14H19NO4. The van der Waals surface area contributed by atoms with Crippen molar-refractivity contribution in [1.29, 1.82) is 0 Å². The minimum atomic E-state index is -1.09. The molecule has 0 saturated carbocycles. The van der Waals surface area contributed by atoms with Gasteiger partial charge in [0.1, 0.15) is 0 Å². The van der Waals surface area contributed by atoms with Crippen LogP contribution < -0.4 is 5.32 Å². The molecule has 1 amide bonds. The topological polar surface area (TPSA) is 75.6 Å². The molecule has 0 spiro atoms. The lowest BCUT2D eigenvalue weighted by atomic mass is 10.1. The van der Waals surface area contributed by atoms with Gasteiger partial charge in [0.2, 0.25) is 5.91 Å². The second-order valence-electron chi connectivity index (χ2n) is 4.40. The molecule has 0 aromatic heterocycles. The zero-order chi connectivity index (χ0) is 14.3. The highest BCUT2D eigenvalue weighted by atomic mass is 16.5. The Morgan fingerprint density at radius 3 is 2.74 bits per heavy atom. The SMILES string of the molecule is COCC(NC(=O)CCc1cccc(C)c1)C(=O)O. The van der Waals surface area contributed by atoms with E-state index in [-0.39, 0.29) is 18.9 Å². The number of ether oxygens (including phenoxy) is 1. The molecule has 0 aliphatic rings. The van der Waals surface area contributed by atoms with Crippen LogP contribution >= 0.6 is 0 Å². The van der Waals surface area contributed by atoms with Crippen molar-refractivity contribution in [3.05, 3.63) is 35.4 Å². The van der Waals surface area contributed by atoms with Crippen LogP contribution in [-0.4, -0.2) is 36.7 Å². The molecule has 1 aromatic rings. The zero-order valence-electron chi connectivity index (χ0n) is 11.2. The molecule has 5 nitrogen and oxygen atoms in total. The molecule has 5 heteroatoms. The fourth-order valence-corrected chi connectivity index (χ4v) is 1.73. The fourth-order valence-electron chi connectivity index (χ4n) is 1.73. The Labute approximate surface area is 112 Å². The van der Waals surface area contributed by atoms with Gasteiger partial charge >= 0.3 is 5.97 Å². The van der Waals surface area contributed by atoms with E-state index in [2.05, 4.69) is 5.32 Å². The number of hydrogen-bond acceptors (Lipinski definition) is 3. The minimum absolute atomic E-state index is 0.0362. The van der Waals surface area contributed by atoms with Gasteiger partial charge in [-0.25, -0.2) is 4.79 Å². The third-order valence-corrected chi connectivity index (χ3v) is 2.69. The van der Waals surface area contributed by atoms with Crippen molar-refractivity contribution in [3.8, 4) is 0 Å². The summed E-state index contributed by atoms with van der Waals surface area (Å²) in [6, 6.07) is 6.90. The molecule has 1 atom stereocenters. The number of aliphatic carboxylic acids is 1. The van der Waals surface area contributed by atoms with Gasteiger partial charge < -0.3 is 15.2 Å². The van der Waals surface area contributed by atoms with E-state index in [9.17, 15) is 9.59 Å². The van der Waals surface area contributed by atoms with Crippen molar-refractivity contribution in [3.63, 3.8) is 0 Å². The lowest BCUT2D eigenvalue weighted by Gasteiger charge is -2.13. The number of amides is 1. The van der Waals surface area contributed by atoms with E-state index < -0.39 is 12.0 Å². The van der Waals surface area contributed by atoms with Crippen LogP contribution in [0.25, 0.3) is 0 Å². The summed E-state index contributed by atoms with van der Waals surface area (Å²) in [6.45, 7) is 1.95. The summed E-state index contributed by atoms with van der Waals surface area (Å²) in [5.41, 5.74) is 2.20. The normalized spacial score (nSPS) is 11.9. The maximum Gasteiger partial charge on any atom is 0.328 e. The van der Waals surface area contributed by atoms with Gasteiger partial charge in [-0.2, -0.15) is 0 Å². The third kappa shape index (κ3) is 5.52. The van der Waals surface area contributed by atoms with Gasteiger partial charge in [-0.3, -0.25) is 4.79 Å². The monoisotopic (exact) mass is 265 g/mol. The summed E-state index contributed by atoms with van der Waals surface area (Å²) >= 11 is 0. The number of benzene rings is 1. The summed E-state index contributed by atoms with van der Waals surface area (Å²) in [5.74, 6) is -1.38. The molecule has 1 unspecified atom stereocenters. The number of carbonyl (C=O) groups excluding carboxylic acids is 1. The van der Waals surface area contributed by atoms with Crippen LogP contribution in [0.4, 0.5) is 0 Å². The molecule has 0 heterocycles. The molecule has 0 saturated heterocycles. The standard InChI is InChI=1S/C14H19NO4/c1-10-4-3-5-11(8-10)6-7-13(16)15-12(9-19-2)14(17)18/h3-5,8,12H,6-7,9H2,1-2H3,(H,15,16)(H,17,18). The van der Waals surface area contributed by atoms with E-state index in [1.165, 1.54) is 7.11 Å². The van der Waals surface area contributed by atoms with Crippen molar-refractivity contribution in [2.75, 3.05) is 13.7 Å².